The lowest BCUT2D eigenvalue weighted by Crippen LogP contribution is -1.95. The Hall–Kier alpha value is -2.30. The molecule has 0 N–H and O–H groups in total. The molecule has 3 aromatic carbocycles. The monoisotopic (exact) mass is 346 g/mol. The smallest absolute Gasteiger partial charge is 0.0656 e. The summed E-state index contributed by atoms with van der Waals surface area (Å²) >= 11 is 3.80. The molecule has 0 aliphatic carbocycles. The lowest BCUT2D eigenvalue weighted by atomic mass is 9.99. The van der Waals surface area contributed by atoms with Gasteiger partial charge in [-0.3, -0.25) is 0 Å². The van der Waals surface area contributed by atoms with Crippen LogP contribution in [-0.2, 0) is 0 Å². The van der Waals surface area contributed by atoms with E-state index >= 15 is 0 Å². The molecule has 0 nitrogen and oxygen atoms in total. The molecule has 0 aliphatic heterocycles. The van der Waals surface area contributed by atoms with Gasteiger partial charge in [0.1, 0.15) is 0 Å². The largest absolute Gasteiger partial charge is 0.0786 e. The number of benzene rings is 3. The summed E-state index contributed by atoms with van der Waals surface area (Å²) < 4.78 is 0. The fourth-order valence-corrected chi connectivity index (χ4v) is 3.00. The molecule has 3 rings (SSSR count). The van der Waals surface area contributed by atoms with Crippen molar-refractivity contribution in [2.75, 3.05) is 0 Å². The molecule has 0 saturated carbocycles. The molecular formula is C21H15Br. The number of halogens is 1. The van der Waals surface area contributed by atoms with Crippen LogP contribution in [0.5, 0.6) is 0 Å². The molecular weight excluding hydrogens is 332 g/mol. The minimum absolute atomic E-state index is 0.148. The zero-order chi connectivity index (χ0) is 15.2. The highest BCUT2D eigenvalue weighted by molar-refractivity contribution is 9.09. The van der Waals surface area contributed by atoms with Crippen LogP contribution in [0.3, 0.4) is 0 Å². The van der Waals surface area contributed by atoms with Gasteiger partial charge in [-0.1, -0.05) is 94.5 Å². The molecule has 0 amide bonds. The highest BCUT2D eigenvalue weighted by Crippen LogP contribution is 2.32. The van der Waals surface area contributed by atoms with Gasteiger partial charge in [-0.2, -0.15) is 0 Å². The normalized spacial score (nSPS) is 11.3. The summed E-state index contributed by atoms with van der Waals surface area (Å²) in [4.78, 5) is 0.148. The first kappa shape index (κ1) is 14.6. The standard InChI is InChI=1S/C21H15Br/c22-21(19-12-5-2-6-13-19)20-14-8-7-11-18(20)16-15-17-9-3-1-4-10-17/h1-14,21H. The van der Waals surface area contributed by atoms with Crippen molar-refractivity contribution in [3.63, 3.8) is 0 Å². The average Bonchev–Trinajstić information content (AvgIpc) is 2.61. The van der Waals surface area contributed by atoms with E-state index in [1.165, 1.54) is 11.1 Å². The molecule has 106 valence electrons. The number of hydrogen-bond acceptors (Lipinski definition) is 0. The van der Waals surface area contributed by atoms with E-state index < -0.39 is 0 Å². The highest BCUT2D eigenvalue weighted by atomic mass is 79.9. The minimum atomic E-state index is 0.148. The molecule has 0 aliphatic rings. The maximum Gasteiger partial charge on any atom is 0.0656 e. The van der Waals surface area contributed by atoms with Crippen molar-refractivity contribution in [3.05, 3.63) is 107 Å². The van der Waals surface area contributed by atoms with Crippen LogP contribution in [0.4, 0.5) is 0 Å². The van der Waals surface area contributed by atoms with E-state index in [1.54, 1.807) is 0 Å². The molecule has 0 radical (unpaired) electrons. The first-order chi connectivity index (χ1) is 10.8. The van der Waals surface area contributed by atoms with Gasteiger partial charge in [0.05, 0.1) is 4.83 Å². The summed E-state index contributed by atoms with van der Waals surface area (Å²) in [6.45, 7) is 0. The van der Waals surface area contributed by atoms with Crippen molar-refractivity contribution < 1.29 is 0 Å². The second-order valence-corrected chi connectivity index (χ2v) is 5.89. The topological polar surface area (TPSA) is 0 Å². The van der Waals surface area contributed by atoms with Crippen molar-refractivity contribution in [2.45, 2.75) is 4.83 Å². The quantitative estimate of drug-likeness (QED) is 0.420. The lowest BCUT2D eigenvalue weighted by molar-refractivity contribution is 1.17. The van der Waals surface area contributed by atoms with Crippen molar-refractivity contribution in [1.29, 1.82) is 0 Å². The number of rotatable bonds is 2. The zero-order valence-electron chi connectivity index (χ0n) is 12.0. The molecule has 0 bridgehead atoms. The Morgan fingerprint density at radius 2 is 1.23 bits per heavy atom. The van der Waals surface area contributed by atoms with Gasteiger partial charge in [-0.05, 0) is 29.3 Å². The third-order valence-electron chi connectivity index (χ3n) is 3.44. The Balaban J connectivity index is 1.96. The van der Waals surface area contributed by atoms with E-state index in [1.807, 2.05) is 42.5 Å². The van der Waals surface area contributed by atoms with Gasteiger partial charge in [0, 0.05) is 11.1 Å². The van der Waals surface area contributed by atoms with Gasteiger partial charge in [0.15, 0.2) is 0 Å². The van der Waals surface area contributed by atoms with Crippen molar-refractivity contribution >= 4 is 15.9 Å². The fraction of sp³-hybridized carbons (Fsp3) is 0.0476. The third-order valence-corrected chi connectivity index (χ3v) is 4.46. The molecule has 0 spiro atoms. The molecule has 1 atom stereocenters. The molecule has 0 heterocycles. The van der Waals surface area contributed by atoms with Crippen molar-refractivity contribution in [1.82, 2.24) is 0 Å². The Morgan fingerprint density at radius 1 is 0.636 bits per heavy atom. The molecule has 3 aromatic rings. The summed E-state index contributed by atoms with van der Waals surface area (Å²) in [5.74, 6) is 6.54. The third kappa shape index (κ3) is 3.47. The van der Waals surface area contributed by atoms with E-state index in [4.69, 9.17) is 0 Å². The molecule has 1 heteroatoms. The van der Waals surface area contributed by atoms with Crippen molar-refractivity contribution in [3.8, 4) is 11.8 Å². The van der Waals surface area contributed by atoms with Crippen molar-refractivity contribution in [2.24, 2.45) is 0 Å². The Labute approximate surface area is 140 Å². The predicted octanol–water partition coefficient (Wildman–Crippen LogP) is 5.57. The lowest BCUT2D eigenvalue weighted by Gasteiger charge is -2.12. The SMILES string of the molecule is BrC(c1ccccc1)c1ccccc1C#Cc1ccccc1. The maximum atomic E-state index is 3.80. The van der Waals surface area contributed by atoms with Gasteiger partial charge in [-0.15, -0.1) is 0 Å². The zero-order valence-corrected chi connectivity index (χ0v) is 13.6. The molecule has 22 heavy (non-hydrogen) atoms. The average molecular weight is 347 g/mol. The predicted molar refractivity (Wildman–Crippen MR) is 96.1 cm³/mol. The Morgan fingerprint density at radius 3 is 1.95 bits per heavy atom. The summed E-state index contributed by atoms with van der Waals surface area (Å²) in [7, 11) is 0. The summed E-state index contributed by atoms with van der Waals surface area (Å²) in [5.41, 5.74) is 4.51. The fourth-order valence-electron chi connectivity index (χ4n) is 2.29. The minimum Gasteiger partial charge on any atom is -0.0786 e. The van der Waals surface area contributed by atoms with Gasteiger partial charge < -0.3 is 0 Å². The second-order valence-electron chi connectivity index (χ2n) is 4.98. The molecule has 0 fully saturated rings. The number of hydrogen-bond donors (Lipinski definition) is 0. The highest BCUT2D eigenvalue weighted by Gasteiger charge is 2.12. The van der Waals surface area contributed by atoms with Gasteiger partial charge in [0.2, 0.25) is 0 Å². The van der Waals surface area contributed by atoms with E-state index in [0.717, 1.165) is 11.1 Å². The van der Waals surface area contributed by atoms with Crippen LogP contribution in [0.1, 0.15) is 27.1 Å². The van der Waals surface area contributed by atoms with Crippen LogP contribution >= 0.6 is 15.9 Å². The molecule has 1 unspecified atom stereocenters. The van der Waals surface area contributed by atoms with Crippen LogP contribution in [0.15, 0.2) is 84.9 Å². The van der Waals surface area contributed by atoms with Crippen LogP contribution in [0.2, 0.25) is 0 Å². The van der Waals surface area contributed by atoms with Crippen LogP contribution in [-0.4, -0.2) is 0 Å². The second kappa shape index (κ2) is 7.11. The van der Waals surface area contributed by atoms with Gasteiger partial charge in [-0.25, -0.2) is 0 Å². The Kier molecular flexibility index (Phi) is 4.73. The molecule has 0 saturated heterocycles. The number of alkyl halides is 1. The van der Waals surface area contributed by atoms with Gasteiger partial charge in [0.25, 0.3) is 0 Å². The van der Waals surface area contributed by atoms with E-state index in [2.05, 4.69) is 70.2 Å². The summed E-state index contributed by atoms with van der Waals surface area (Å²) in [6, 6.07) is 28.8. The first-order valence-corrected chi connectivity index (χ1v) is 8.11. The Bertz CT molecular complexity index is 795. The maximum absolute atomic E-state index is 3.80. The van der Waals surface area contributed by atoms with Gasteiger partial charge >= 0.3 is 0 Å². The molecule has 0 aromatic heterocycles. The summed E-state index contributed by atoms with van der Waals surface area (Å²) in [6.07, 6.45) is 0. The summed E-state index contributed by atoms with van der Waals surface area (Å²) in [5, 5.41) is 0. The van der Waals surface area contributed by atoms with E-state index in [9.17, 15) is 0 Å². The van der Waals surface area contributed by atoms with E-state index in [-0.39, 0.29) is 4.83 Å². The van der Waals surface area contributed by atoms with Crippen LogP contribution < -0.4 is 0 Å². The van der Waals surface area contributed by atoms with Crippen LogP contribution in [0, 0.1) is 11.8 Å². The van der Waals surface area contributed by atoms with Crippen LogP contribution in [0.25, 0.3) is 0 Å². The van der Waals surface area contributed by atoms with E-state index in [0.29, 0.717) is 0 Å². The first-order valence-electron chi connectivity index (χ1n) is 7.19.